The first kappa shape index (κ1) is 25.7. The van der Waals surface area contributed by atoms with Crippen LogP contribution in [-0.2, 0) is 17.9 Å². The lowest BCUT2D eigenvalue weighted by atomic mass is 10.1. The van der Waals surface area contributed by atoms with Crippen LogP contribution in [0.2, 0.25) is 0 Å². The summed E-state index contributed by atoms with van der Waals surface area (Å²) in [6.07, 6.45) is 0. The van der Waals surface area contributed by atoms with Gasteiger partial charge in [-0.25, -0.2) is 4.99 Å². The van der Waals surface area contributed by atoms with E-state index in [0.717, 1.165) is 23.6 Å². The molecule has 166 valence electrons. The molecule has 1 aromatic carbocycles. The maximum Gasteiger partial charge on any atom is 0.259 e. The summed E-state index contributed by atoms with van der Waals surface area (Å²) in [5.74, 6) is 2.34. The molecule has 0 aliphatic rings. The summed E-state index contributed by atoms with van der Waals surface area (Å²) in [7, 11) is 3.41. The molecule has 1 aromatic heterocycles. The number of carbonyl (C=O) groups excluding carboxylic acids is 1. The van der Waals surface area contributed by atoms with Gasteiger partial charge in [0.1, 0.15) is 5.75 Å². The number of likely N-dealkylation sites (N-methyl/N-ethyl adjacent to an activating group) is 1. The SMILES string of the molecule is CCNC(=NCc1cccc(OCC(=O)N(C)C)c1)NCc1cc(C(C)C)no1.I. The van der Waals surface area contributed by atoms with Crippen molar-refractivity contribution in [3.8, 4) is 5.75 Å². The van der Waals surface area contributed by atoms with Gasteiger partial charge in [0.2, 0.25) is 0 Å². The van der Waals surface area contributed by atoms with E-state index in [1.54, 1.807) is 14.1 Å². The number of ether oxygens (including phenoxy) is 1. The summed E-state index contributed by atoms with van der Waals surface area (Å²) in [5, 5.41) is 10.5. The summed E-state index contributed by atoms with van der Waals surface area (Å²) in [6, 6.07) is 9.54. The zero-order valence-corrected chi connectivity index (χ0v) is 20.6. The van der Waals surface area contributed by atoms with E-state index in [9.17, 15) is 4.79 Å². The van der Waals surface area contributed by atoms with E-state index in [2.05, 4.69) is 34.6 Å². The average molecular weight is 529 g/mol. The van der Waals surface area contributed by atoms with Crippen LogP contribution in [0.5, 0.6) is 5.75 Å². The minimum absolute atomic E-state index is 0. The molecule has 0 fully saturated rings. The first-order chi connectivity index (χ1) is 13.9. The number of halogens is 1. The molecule has 0 bridgehead atoms. The number of amides is 1. The Kier molecular flexibility index (Phi) is 11.2. The minimum Gasteiger partial charge on any atom is -0.484 e. The molecule has 1 heterocycles. The molecule has 2 rings (SSSR count). The second-order valence-electron chi connectivity index (χ2n) is 7.15. The lowest BCUT2D eigenvalue weighted by Crippen LogP contribution is -2.36. The molecule has 0 saturated carbocycles. The fourth-order valence-corrected chi connectivity index (χ4v) is 2.38. The molecule has 0 aliphatic carbocycles. The zero-order valence-electron chi connectivity index (χ0n) is 18.3. The van der Waals surface area contributed by atoms with E-state index in [0.29, 0.717) is 30.7 Å². The molecule has 2 aromatic rings. The van der Waals surface area contributed by atoms with Crippen LogP contribution in [0.25, 0.3) is 0 Å². The summed E-state index contributed by atoms with van der Waals surface area (Å²) in [4.78, 5) is 17.8. The van der Waals surface area contributed by atoms with E-state index in [1.165, 1.54) is 4.90 Å². The third kappa shape index (κ3) is 8.60. The summed E-state index contributed by atoms with van der Waals surface area (Å²) in [6.45, 7) is 7.90. The van der Waals surface area contributed by atoms with Crippen LogP contribution in [-0.4, -0.2) is 49.2 Å². The Bertz CT molecular complexity index is 820. The Morgan fingerprint density at radius 1 is 1.27 bits per heavy atom. The Hall–Kier alpha value is -2.30. The van der Waals surface area contributed by atoms with Crippen molar-refractivity contribution in [2.75, 3.05) is 27.2 Å². The van der Waals surface area contributed by atoms with Crippen LogP contribution >= 0.6 is 24.0 Å². The number of aliphatic imine (C=N–C) groups is 1. The second kappa shape index (κ2) is 13.1. The molecule has 30 heavy (non-hydrogen) atoms. The molecule has 0 radical (unpaired) electrons. The highest BCUT2D eigenvalue weighted by Crippen LogP contribution is 2.15. The third-order valence-corrected chi connectivity index (χ3v) is 4.12. The van der Waals surface area contributed by atoms with Crippen molar-refractivity contribution in [3.05, 3.63) is 47.3 Å². The van der Waals surface area contributed by atoms with E-state index in [4.69, 9.17) is 9.26 Å². The van der Waals surface area contributed by atoms with Gasteiger partial charge in [-0.2, -0.15) is 0 Å². The van der Waals surface area contributed by atoms with Gasteiger partial charge in [0, 0.05) is 26.7 Å². The maximum atomic E-state index is 11.7. The molecular formula is C21H32IN5O3. The second-order valence-corrected chi connectivity index (χ2v) is 7.15. The highest BCUT2D eigenvalue weighted by Gasteiger charge is 2.08. The minimum atomic E-state index is -0.0832. The summed E-state index contributed by atoms with van der Waals surface area (Å²) in [5.41, 5.74) is 1.92. The van der Waals surface area contributed by atoms with Crippen molar-refractivity contribution < 1.29 is 14.1 Å². The van der Waals surface area contributed by atoms with Crippen LogP contribution in [0, 0.1) is 0 Å². The van der Waals surface area contributed by atoms with Gasteiger partial charge in [-0.1, -0.05) is 31.1 Å². The predicted molar refractivity (Wildman–Crippen MR) is 128 cm³/mol. The predicted octanol–water partition coefficient (Wildman–Crippen LogP) is 3.14. The number of nitrogens with zero attached hydrogens (tertiary/aromatic N) is 3. The van der Waals surface area contributed by atoms with Crippen LogP contribution in [0.4, 0.5) is 0 Å². The zero-order chi connectivity index (χ0) is 21.2. The number of rotatable bonds is 9. The van der Waals surface area contributed by atoms with Crippen LogP contribution in [0.1, 0.15) is 43.7 Å². The van der Waals surface area contributed by atoms with Crippen LogP contribution in [0.3, 0.4) is 0 Å². The van der Waals surface area contributed by atoms with Crippen LogP contribution in [0.15, 0.2) is 39.8 Å². The van der Waals surface area contributed by atoms with Gasteiger partial charge in [-0.3, -0.25) is 4.79 Å². The maximum absolute atomic E-state index is 11.7. The van der Waals surface area contributed by atoms with Gasteiger partial charge in [-0.05, 0) is 30.5 Å². The van der Waals surface area contributed by atoms with Gasteiger partial charge < -0.3 is 24.8 Å². The van der Waals surface area contributed by atoms with Crippen molar-refractivity contribution in [2.24, 2.45) is 4.99 Å². The van der Waals surface area contributed by atoms with Crippen molar-refractivity contribution >= 4 is 35.8 Å². The largest absolute Gasteiger partial charge is 0.484 e. The normalized spacial score (nSPS) is 11.1. The van der Waals surface area contributed by atoms with Gasteiger partial charge in [-0.15, -0.1) is 24.0 Å². The summed E-state index contributed by atoms with van der Waals surface area (Å²) >= 11 is 0. The molecule has 1 amide bonds. The quantitative estimate of drug-likeness (QED) is 0.295. The standard InChI is InChI=1S/C21H31N5O3.HI/c1-6-22-21(24-13-18-11-19(15(2)3)25-29-18)23-12-16-8-7-9-17(10-16)28-14-20(27)26(4)5;/h7-11,15H,6,12-14H2,1-5H3,(H2,22,23,24);1H. The first-order valence-electron chi connectivity index (χ1n) is 9.78. The molecule has 0 saturated heterocycles. The molecule has 2 N–H and O–H groups in total. The molecule has 0 aliphatic heterocycles. The lowest BCUT2D eigenvalue weighted by molar-refractivity contribution is -0.130. The topological polar surface area (TPSA) is 92.0 Å². The van der Waals surface area contributed by atoms with E-state index < -0.39 is 0 Å². The Morgan fingerprint density at radius 2 is 2.03 bits per heavy atom. The van der Waals surface area contributed by atoms with Crippen molar-refractivity contribution in [2.45, 2.75) is 39.8 Å². The van der Waals surface area contributed by atoms with Gasteiger partial charge >= 0.3 is 0 Å². The fraction of sp³-hybridized carbons (Fsp3) is 0.476. The third-order valence-electron chi connectivity index (χ3n) is 4.12. The van der Waals surface area contributed by atoms with Crippen molar-refractivity contribution in [1.82, 2.24) is 20.7 Å². The molecule has 9 heteroatoms. The highest BCUT2D eigenvalue weighted by atomic mass is 127. The molecule has 8 nitrogen and oxygen atoms in total. The number of guanidine groups is 1. The van der Waals surface area contributed by atoms with Gasteiger partial charge in [0.15, 0.2) is 18.3 Å². The summed E-state index contributed by atoms with van der Waals surface area (Å²) < 4.78 is 10.9. The van der Waals surface area contributed by atoms with E-state index in [1.807, 2.05) is 37.3 Å². The average Bonchev–Trinajstić information content (AvgIpc) is 3.18. The monoisotopic (exact) mass is 529 g/mol. The van der Waals surface area contributed by atoms with E-state index >= 15 is 0 Å². The molecule has 0 unspecified atom stereocenters. The number of hydrogen-bond acceptors (Lipinski definition) is 5. The number of nitrogens with one attached hydrogen (secondary N) is 2. The molecular weight excluding hydrogens is 497 g/mol. The number of carbonyl (C=O) groups is 1. The number of aromatic nitrogens is 1. The van der Waals surface area contributed by atoms with Crippen molar-refractivity contribution in [1.29, 1.82) is 0 Å². The number of hydrogen-bond donors (Lipinski definition) is 2. The van der Waals surface area contributed by atoms with Crippen molar-refractivity contribution in [3.63, 3.8) is 0 Å². The first-order valence-corrected chi connectivity index (χ1v) is 9.78. The fourth-order valence-electron chi connectivity index (χ4n) is 2.38. The van der Waals surface area contributed by atoms with Gasteiger partial charge in [0.05, 0.1) is 18.8 Å². The molecule has 0 atom stereocenters. The Balaban J connectivity index is 0.00000450. The van der Waals surface area contributed by atoms with Crippen LogP contribution < -0.4 is 15.4 Å². The smallest absolute Gasteiger partial charge is 0.259 e. The number of benzene rings is 1. The lowest BCUT2D eigenvalue weighted by Gasteiger charge is -2.12. The van der Waals surface area contributed by atoms with E-state index in [-0.39, 0.29) is 36.5 Å². The molecule has 0 spiro atoms. The highest BCUT2D eigenvalue weighted by molar-refractivity contribution is 14.0. The Labute approximate surface area is 195 Å². The van der Waals surface area contributed by atoms with Gasteiger partial charge in [0.25, 0.3) is 5.91 Å². The Morgan fingerprint density at radius 3 is 2.67 bits per heavy atom.